The number of aliphatic hydroxyl groups is 1. The molecule has 2 nitrogen and oxygen atoms in total. The second-order valence-electron chi connectivity index (χ2n) is 5.26. The van der Waals surface area contributed by atoms with Crippen molar-refractivity contribution in [3.8, 4) is 5.75 Å². The van der Waals surface area contributed by atoms with Crippen molar-refractivity contribution in [3.05, 3.63) is 28.3 Å². The lowest BCUT2D eigenvalue weighted by Crippen LogP contribution is -2.15. The largest absolute Gasteiger partial charge is 0.493 e. The summed E-state index contributed by atoms with van der Waals surface area (Å²) in [6, 6.07) is 3.89. The highest BCUT2D eigenvalue weighted by atomic mass is 35.5. The van der Waals surface area contributed by atoms with E-state index in [1.807, 2.05) is 12.1 Å². The van der Waals surface area contributed by atoms with Crippen LogP contribution in [0.2, 0.25) is 5.02 Å². The molecule has 0 saturated carbocycles. The van der Waals surface area contributed by atoms with Crippen LogP contribution in [-0.2, 0) is 12.8 Å². The SMILES string of the molecule is CCC(C)CC(O)Cc1cc(Cl)cc2c1OCC2. The number of aliphatic hydroxyl groups excluding tert-OH is 1. The van der Waals surface area contributed by atoms with Gasteiger partial charge >= 0.3 is 0 Å². The van der Waals surface area contributed by atoms with E-state index >= 15 is 0 Å². The third kappa shape index (κ3) is 3.18. The van der Waals surface area contributed by atoms with Gasteiger partial charge in [-0.2, -0.15) is 0 Å². The predicted octanol–water partition coefficient (Wildman–Crippen LogP) is 3.61. The van der Waals surface area contributed by atoms with E-state index in [9.17, 15) is 5.11 Å². The summed E-state index contributed by atoms with van der Waals surface area (Å²) in [5, 5.41) is 10.9. The molecule has 0 spiro atoms. The van der Waals surface area contributed by atoms with E-state index < -0.39 is 0 Å². The van der Waals surface area contributed by atoms with Gasteiger partial charge in [-0.05, 0) is 35.6 Å². The van der Waals surface area contributed by atoms with Crippen molar-refractivity contribution in [2.45, 2.75) is 45.6 Å². The van der Waals surface area contributed by atoms with Crippen LogP contribution in [0.4, 0.5) is 0 Å². The maximum atomic E-state index is 10.1. The van der Waals surface area contributed by atoms with E-state index in [0.717, 1.165) is 42.2 Å². The predicted molar refractivity (Wildman–Crippen MR) is 74.4 cm³/mol. The summed E-state index contributed by atoms with van der Waals surface area (Å²) in [7, 11) is 0. The lowest BCUT2D eigenvalue weighted by atomic mass is 9.95. The van der Waals surface area contributed by atoms with E-state index in [-0.39, 0.29) is 6.10 Å². The molecule has 0 saturated heterocycles. The van der Waals surface area contributed by atoms with Gasteiger partial charge in [-0.15, -0.1) is 0 Å². The fourth-order valence-electron chi connectivity index (χ4n) is 2.47. The zero-order valence-electron chi connectivity index (χ0n) is 11.1. The molecule has 18 heavy (non-hydrogen) atoms. The van der Waals surface area contributed by atoms with Crippen LogP contribution in [0.5, 0.6) is 5.75 Å². The Bertz CT molecular complexity index is 417. The molecule has 2 atom stereocenters. The molecule has 1 N–H and O–H groups in total. The molecular weight excluding hydrogens is 248 g/mol. The van der Waals surface area contributed by atoms with Gasteiger partial charge in [0.2, 0.25) is 0 Å². The quantitative estimate of drug-likeness (QED) is 0.884. The van der Waals surface area contributed by atoms with Crippen molar-refractivity contribution >= 4 is 11.6 Å². The monoisotopic (exact) mass is 268 g/mol. The van der Waals surface area contributed by atoms with Gasteiger partial charge < -0.3 is 9.84 Å². The van der Waals surface area contributed by atoms with Gasteiger partial charge in [-0.3, -0.25) is 0 Å². The highest BCUT2D eigenvalue weighted by Crippen LogP contribution is 2.34. The van der Waals surface area contributed by atoms with Crippen molar-refractivity contribution in [2.75, 3.05) is 6.61 Å². The van der Waals surface area contributed by atoms with Crippen LogP contribution in [0, 0.1) is 5.92 Å². The second-order valence-corrected chi connectivity index (χ2v) is 5.70. The number of fused-ring (bicyclic) bond motifs is 1. The summed E-state index contributed by atoms with van der Waals surface area (Å²) in [6.07, 6.45) is 3.17. The summed E-state index contributed by atoms with van der Waals surface area (Å²) in [5.41, 5.74) is 2.22. The Hall–Kier alpha value is -0.730. The van der Waals surface area contributed by atoms with Gasteiger partial charge in [0, 0.05) is 17.9 Å². The fourth-order valence-corrected chi connectivity index (χ4v) is 2.73. The molecule has 1 aliphatic heterocycles. The van der Waals surface area contributed by atoms with E-state index in [2.05, 4.69) is 13.8 Å². The van der Waals surface area contributed by atoms with Crippen LogP contribution in [0.1, 0.15) is 37.8 Å². The summed E-state index contributed by atoms with van der Waals surface area (Å²) < 4.78 is 5.65. The molecule has 1 heterocycles. The first-order valence-corrected chi connectivity index (χ1v) is 7.10. The molecule has 3 heteroatoms. The molecule has 100 valence electrons. The molecule has 1 aromatic carbocycles. The highest BCUT2D eigenvalue weighted by Gasteiger charge is 2.20. The van der Waals surface area contributed by atoms with Crippen LogP contribution < -0.4 is 4.74 Å². The third-order valence-corrected chi connectivity index (χ3v) is 3.87. The number of rotatable bonds is 5. The normalized spacial score (nSPS) is 17.1. The molecule has 0 bridgehead atoms. The number of benzene rings is 1. The lowest BCUT2D eigenvalue weighted by molar-refractivity contribution is 0.144. The van der Waals surface area contributed by atoms with Gasteiger partial charge in [0.15, 0.2) is 0 Å². The van der Waals surface area contributed by atoms with Crippen LogP contribution in [0.15, 0.2) is 12.1 Å². The summed E-state index contributed by atoms with van der Waals surface area (Å²) >= 11 is 6.11. The van der Waals surface area contributed by atoms with Crippen LogP contribution in [0.3, 0.4) is 0 Å². The zero-order valence-corrected chi connectivity index (χ0v) is 11.8. The summed E-state index contributed by atoms with van der Waals surface area (Å²) in [4.78, 5) is 0. The first-order valence-electron chi connectivity index (χ1n) is 6.72. The molecule has 0 fully saturated rings. The molecule has 0 aliphatic carbocycles. The van der Waals surface area contributed by atoms with E-state index in [0.29, 0.717) is 12.3 Å². The van der Waals surface area contributed by atoms with Crippen molar-refractivity contribution in [2.24, 2.45) is 5.92 Å². The third-order valence-electron chi connectivity index (χ3n) is 3.65. The first kappa shape index (κ1) is 13.7. The number of ether oxygens (including phenoxy) is 1. The van der Waals surface area contributed by atoms with Gasteiger partial charge in [0.1, 0.15) is 5.75 Å². The molecule has 0 amide bonds. The Balaban J connectivity index is 2.09. The maximum Gasteiger partial charge on any atom is 0.126 e. The average Bonchev–Trinajstić information content (AvgIpc) is 2.76. The lowest BCUT2D eigenvalue weighted by Gasteiger charge is -2.16. The van der Waals surface area contributed by atoms with E-state index in [1.54, 1.807) is 0 Å². The molecule has 1 aromatic rings. The number of halogens is 1. The van der Waals surface area contributed by atoms with Crippen molar-refractivity contribution in [3.63, 3.8) is 0 Å². The minimum Gasteiger partial charge on any atom is -0.493 e. The minimum absolute atomic E-state index is 0.313. The van der Waals surface area contributed by atoms with Gasteiger partial charge in [-0.1, -0.05) is 31.9 Å². The average molecular weight is 269 g/mol. The topological polar surface area (TPSA) is 29.5 Å². The molecule has 0 radical (unpaired) electrons. The molecule has 0 aromatic heterocycles. The minimum atomic E-state index is -0.313. The molecular formula is C15H21ClO2. The summed E-state index contributed by atoms with van der Waals surface area (Å²) in [6.45, 7) is 5.05. The molecule has 2 unspecified atom stereocenters. The Kier molecular flexibility index (Phi) is 4.52. The fraction of sp³-hybridized carbons (Fsp3) is 0.600. The molecule has 1 aliphatic rings. The standard InChI is InChI=1S/C15H21ClO2/c1-3-10(2)6-14(17)9-12-8-13(16)7-11-4-5-18-15(11)12/h7-8,10,14,17H,3-6,9H2,1-2H3. The van der Waals surface area contributed by atoms with Gasteiger partial charge in [0.25, 0.3) is 0 Å². The summed E-state index contributed by atoms with van der Waals surface area (Å²) in [5.74, 6) is 1.50. The Morgan fingerprint density at radius 3 is 2.94 bits per heavy atom. The van der Waals surface area contributed by atoms with E-state index in [1.165, 1.54) is 5.56 Å². The molecule has 2 rings (SSSR count). The smallest absolute Gasteiger partial charge is 0.126 e. The number of hydrogen-bond acceptors (Lipinski definition) is 2. The van der Waals surface area contributed by atoms with Crippen LogP contribution in [-0.4, -0.2) is 17.8 Å². The van der Waals surface area contributed by atoms with Gasteiger partial charge in [0.05, 0.1) is 12.7 Å². The highest BCUT2D eigenvalue weighted by molar-refractivity contribution is 6.30. The van der Waals surface area contributed by atoms with Crippen LogP contribution in [0.25, 0.3) is 0 Å². The maximum absolute atomic E-state index is 10.1. The van der Waals surface area contributed by atoms with Crippen molar-refractivity contribution < 1.29 is 9.84 Å². The Morgan fingerprint density at radius 2 is 2.22 bits per heavy atom. The Morgan fingerprint density at radius 1 is 1.44 bits per heavy atom. The first-order chi connectivity index (χ1) is 8.60. The zero-order chi connectivity index (χ0) is 13.1. The van der Waals surface area contributed by atoms with Gasteiger partial charge in [-0.25, -0.2) is 0 Å². The van der Waals surface area contributed by atoms with Crippen molar-refractivity contribution in [1.82, 2.24) is 0 Å². The van der Waals surface area contributed by atoms with Crippen molar-refractivity contribution in [1.29, 1.82) is 0 Å². The van der Waals surface area contributed by atoms with Crippen LogP contribution >= 0.6 is 11.6 Å². The second kappa shape index (κ2) is 5.94. The van der Waals surface area contributed by atoms with E-state index in [4.69, 9.17) is 16.3 Å². The Labute approximate surface area is 114 Å². The number of hydrogen-bond donors (Lipinski definition) is 1.